The van der Waals surface area contributed by atoms with Crippen LogP contribution in [0.25, 0.3) is 0 Å². The molecule has 0 bridgehead atoms. The minimum atomic E-state index is -0.163. The van der Waals surface area contributed by atoms with Gasteiger partial charge in [-0.25, -0.2) is 4.39 Å². The number of rotatable bonds is 0. The standard InChI is InChI=1S/C7H6BrF.Mg.2H/c1-5-2-3-6(8)4-7(5)9;;;/h2-4H,1H3;;;/q;+2;2*-1. The van der Waals surface area contributed by atoms with Crippen LogP contribution in [-0.2, 0) is 0 Å². The fourth-order valence-corrected chi connectivity index (χ4v) is 0.900. The Labute approximate surface area is 87.1 Å². The molecule has 0 aliphatic carbocycles. The van der Waals surface area contributed by atoms with Gasteiger partial charge < -0.3 is 2.85 Å². The summed E-state index contributed by atoms with van der Waals surface area (Å²) in [7, 11) is 0. The molecule has 0 saturated heterocycles. The molecule has 0 heterocycles. The van der Waals surface area contributed by atoms with E-state index in [0.29, 0.717) is 5.56 Å². The van der Waals surface area contributed by atoms with E-state index in [1.807, 2.05) is 6.07 Å². The summed E-state index contributed by atoms with van der Waals surface area (Å²) in [6.45, 7) is 1.74. The minimum absolute atomic E-state index is 0. The smallest absolute Gasteiger partial charge is 1.00 e. The van der Waals surface area contributed by atoms with Crippen molar-refractivity contribution in [1.29, 1.82) is 0 Å². The SMILES string of the molecule is Cc1ccc(Br)cc1F.[H-].[H-].[Mg+2]. The van der Waals surface area contributed by atoms with Crippen molar-refractivity contribution in [3.8, 4) is 0 Å². The van der Waals surface area contributed by atoms with Gasteiger partial charge >= 0.3 is 23.1 Å². The van der Waals surface area contributed by atoms with Gasteiger partial charge in [0, 0.05) is 4.47 Å². The Balaban J connectivity index is -0.000000270. The van der Waals surface area contributed by atoms with Crippen LogP contribution in [0.5, 0.6) is 0 Å². The first-order valence-corrected chi connectivity index (χ1v) is 3.41. The van der Waals surface area contributed by atoms with Gasteiger partial charge in [-0.1, -0.05) is 22.0 Å². The molecule has 0 unspecified atom stereocenters. The van der Waals surface area contributed by atoms with Gasteiger partial charge in [0.15, 0.2) is 0 Å². The molecule has 1 aromatic rings. The van der Waals surface area contributed by atoms with E-state index in [1.54, 1.807) is 13.0 Å². The first-order valence-electron chi connectivity index (χ1n) is 2.62. The van der Waals surface area contributed by atoms with Crippen molar-refractivity contribution < 1.29 is 7.24 Å². The third kappa shape index (κ3) is 2.56. The predicted molar refractivity (Wildman–Crippen MR) is 46.8 cm³/mol. The summed E-state index contributed by atoms with van der Waals surface area (Å²) in [5, 5.41) is 0. The zero-order valence-corrected chi connectivity index (χ0v) is 8.70. The van der Waals surface area contributed by atoms with Crippen LogP contribution in [0, 0.1) is 12.7 Å². The number of aryl methyl sites for hydroxylation is 1. The Hall–Kier alpha value is 0.396. The van der Waals surface area contributed by atoms with Gasteiger partial charge in [-0.3, -0.25) is 0 Å². The van der Waals surface area contributed by atoms with E-state index >= 15 is 0 Å². The van der Waals surface area contributed by atoms with E-state index in [1.165, 1.54) is 6.07 Å². The molecule has 0 spiro atoms. The number of benzene rings is 1. The van der Waals surface area contributed by atoms with Crippen LogP contribution in [-0.4, -0.2) is 23.1 Å². The maximum Gasteiger partial charge on any atom is 2.00 e. The van der Waals surface area contributed by atoms with Crippen molar-refractivity contribution in [2.45, 2.75) is 6.92 Å². The molecule has 52 valence electrons. The van der Waals surface area contributed by atoms with Crippen molar-refractivity contribution in [2.24, 2.45) is 0 Å². The monoisotopic (exact) mass is 214 g/mol. The quantitative estimate of drug-likeness (QED) is 0.584. The van der Waals surface area contributed by atoms with Gasteiger partial charge in [-0.2, -0.15) is 0 Å². The molecule has 0 aliphatic rings. The molecule has 0 nitrogen and oxygen atoms in total. The largest absolute Gasteiger partial charge is 2.00 e. The van der Waals surface area contributed by atoms with Gasteiger partial charge in [-0.15, -0.1) is 0 Å². The van der Waals surface area contributed by atoms with E-state index < -0.39 is 0 Å². The number of hydrogen-bond donors (Lipinski definition) is 0. The predicted octanol–water partition coefficient (Wildman–Crippen LogP) is 2.74. The van der Waals surface area contributed by atoms with E-state index in [-0.39, 0.29) is 31.7 Å². The van der Waals surface area contributed by atoms with Crippen LogP contribution in [0.4, 0.5) is 4.39 Å². The fourth-order valence-electron chi connectivity index (χ4n) is 0.567. The Morgan fingerprint density at radius 3 is 2.50 bits per heavy atom. The van der Waals surface area contributed by atoms with Crippen molar-refractivity contribution in [1.82, 2.24) is 0 Å². The van der Waals surface area contributed by atoms with Crippen LogP contribution in [0.3, 0.4) is 0 Å². The van der Waals surface area contributed by atoms with E-state index in [2.05, 4.69) is 15.9 Å². The molecule has 0 radical (unpaired) electrons. The summed E-state index contributed by atoms with van der Waals surface area (Å²) in [5.41, 5.74) is 0.679. The molecule has 0 aliphatic heterocycles. The second kappa shape index (κ2) is 4.31. The third-order valence-corrected chi connectivity index (χ3v) is 1.63. The molecular weight excluding hydrogens is 207 g/mol. The Morgan fingerprint density at radius 1 is 1.50 bits per heavy atom. The first kappa shape index (κ1) is 10.4. The molecule has 0 fully saturated rings. The van der Waals surface area contributed by atoms with E-state index in [4.69, 9.17) is 0 Å². The molecule has 10 heavy (non-hydrogen) atoms. The summed E-state index contributed by atoms with van der Waals surface area (Å²) in [6, 6.07) is 5.01. The summed E-state index contributed by atoms with van der Waals surface area (Å²) in [5.74, 6) is -0.163. The second-order valence-electron chi connectivity index (χ2n) is 1.89. The van der Waals surface area contributed by atoms with Gasteiger partial charge in [0.25, 0.3) is 0 Å². The molecule has 0 amide bonds. The summed E-state index contributed by atoms with van der Waals surface area (Å²) >= 11 is 3.16. The zero-order chi connectivity index (χ0) is 6.85. The maximum absolute atomic E-state index is 12.5. The Bertz CT molecular complexity index is 233. The second-order valence-corrected chi connectivity index (χ2v) is 2.81. The molecule has 0 aromatic heterocycles. The van der Waals surface area contributed by atoms with Crippen LogP contribution in [0.15, 0.2) is 22.7 Å². The first-order chi connectivity index (χ1) is 4.20. The van der Waals surface area contributed by atoms with Gasteiger partial charge in [0.2, 0.25) is 0 Å². The molecule has 1 rings (SSSR count). The Morgan fingerprint density at radius 2 is 2.10 bits per heavy atom. The molecular formula is C7H8BrFMg. The minimum Gasteiger partial charge on any atom is -1.00 e. The average molecular weight is 215 g/mol. The normalized spacial score (nSPS) is 8.70. The van der Waals surface area contributed by atoms with Gasteiger partial charge in [0.1, 0.15) is 5.82 Å². The van der Waals surface area contributed by atoms with Crippen LogP contribution in [0.2, 0.25) is 0 Å². The molecule has 0 atom stereocenters. The average Bonchev–Trinajstić information content (AvgIpc) is 1.80. The van der Waals surface area contributed by atoms with Crippen molar-refractivity contribution in [2.75, 3.05) is 0 Å². The molecule has 0 N–H and O–H groups in total. The van der Waals surface area contributed by atoms with Crippen molar-refractivity contribution in [3.63, 3.8) is 0 Å². The van der Waals surface area contributed by atoms with E-state index in [0.717, 1.165) is 4.47 Å². The summed E-state index contributed by atoms with van der Waals surface area (Å²) < 4.78 is 13.3. The van der Waals surface area contributed by atoms with Crippen molar-refractivity contribution in [3.05, 3.63) is 34.1 Å². The molecule has 3 heteroatoms. The van der Waals surface area contributed by atoms with Crippen LogP contribution < -0.4 is 0 Å². The maximum atomic E-state index is 12.5. The van der Waals surface area contributed by atoms with Crippen LogP contribution in [0.1, 0.15) is 8.42 Å². The number of hydrogen-bond acceptors (Lipinski definition) is 0. The third-order valence-electron chi connectivity index (χ3n) is 1.13. The van der Waals surface area contributed by atoms with Crippen LogP contribution >= 0.6 is 15.9 Å². The summed E-state index contributed by atoms with van der Waals surface area (Å²) in [4.78, 5) is 0. The van der Waals surface area contributed by atoms with Gasteiger partial charge in [-0.05, 0) is 24.6 Å². The molecule has 1 aromatic carbocycles. The molecule has 0 saturated carbocycles. The van der Waals surface area contributed by atoms with Crippen molar-refractivity contribution >= 4 is 39.0 Å². The summed E-state index contributed by atoms with van der Waals surface area (Å²) in [6.07, 6.45) is 0. The van der Waals surface area contributed by atoms with E-state index in [9.17, 15) is 4.39 Å². The van der Waals surface area contributed by atoms with Gasteiger partial charge in [0.05, 0.1) is 0 Å². The topological polar surface area (TPSA) is 0 Å². The zero-order valence-electron chi connectivity index (χ0n) is 7.70. The Kier molecular flexibility index (Phi) is 4.48. The number of halogens is 2. The fraction of sp³-hybridized carbons (Fsp3) is 0.143.